The van der Waals surface area contributed by atoms with Crippen molar-refractivity contribution in [2.45, 2.75) is 11.8 Å². The predicted molar refractivity (Wildman–Crippen MR) is 61.9 cm³/mol. The second-order valence-electron chi connectivity index (χ2n) is 3.63. The largest absolute Gasteiger partial charge is 0.488 e. The molecule has 5 nitrogen and oxygen atoms in total. The van der Waals surface area contributed by atoms with E-state index in [1.54, 1.807) is 6.92 Å². The number of sulfonamides is 1. The fourth-order valence-corrected chi connectivity index (χ4v) is 2.54. The second-order valence-corrected chi connectivity index (χ2v) is 5.75. The molecular formula is C9H14BNO4S. The van der Waals surface area contributed by atoms with Crippen LogP contribution in [0.3, 0.4) is 0 Å². The molecule has 0 aliphatic rings. The van der Waals surface area contributed by atoms with Crippen LogP contribution in [-0.2, 0) is 10.0 Å². The smallest absolute Gasteiger partial charge is 0.423 e. The van der Waals surface area contributed by atoms with E-state index in [1.165, 1.54) is 32.3 Å². The molecule has 0 unspecified atom stereocenters. The topological polar surface area (TPSA) is 77.8 Å². The van der Waals surface area contributed by atoms with Gasteiger partial charge < -0.3 is 10.0 Å². The lowest BCUT2D eigenvalue weighted by Crippen LogP contribution is -2.34. The van der Waals surface area contributed by atoms with Gasteiger partial charge >= 0.3 is 7.12 Å². The molecule has 0 radical (unpaired) electrons. The van der Waals surface area contributed by atoms with E-state index in [-0.39, 0.29) is 10.4 Å². The van der Waals surface area contributed by atoms with Gasteiger partial charge in [-0.1, -0.05) is 12.1 Å². The van der Waals surface area contributed by atoms with E-state index in [1.807, 2.05) is 0 Å². The fraction of sp³-hybridized carbons (Fsp3) is 0.333. The van der Waals surface area contributed by atoms with Crippen molar-refractivity contribution in [3.8, 4) is 0 Å². The molecule has 0 saturated carbocycles. The summed E-state index contributed by atoms with van der Waals surface area (Å²) in [5, 5.41) is 18.2. The predicted octanol–water partition coefficient (Wildman–Crippen LogP) is -1.07. The minimum absolute atomic E-state index is 0.0862. The monoisotopic (exact) mass is 243 g/mol. The van der Waals surface area contributed by atoms with Gasteiger partial charge in [0.25, 0.3) is 0 Å². The van der Waals surface area contributed by atoms with Crippen molar-refractivity contribution < 1.29 is 18.5 Å². The van der Waals surface area contributed by atoms with E-state index < -0.39 is 17.1 Å². The highest BCUT2D eigenvalue weighted by molar-refractivity contribution is 7.89. The third-order valence-corrected chi connectivity index (χ3v) is 4.32. The molecule has 0 aliphatic heterocycles. The maximum Gasteiger partial charge on any atom is 0.488 e. The molecule has 0 atom stereocenters. The summed E-state index contributed by atoms with van der Waals surface area (Å²) in [6.07, 6.45) is 0. The van der Waals surface area contributed by atoms with Gasteiger partial charge in [-0.2, -0.15) is 0 Å². The van der Waals surface area contributed by atoms with Gasteiger partial charge in [-0.15, -0.1) is 0 Å². The molecule has 16 heavy (non-hydrogen) atoms. The minimum atomic E-state index is -3.55. The normalized spacial score (nSPS) is 11.9. The van der Waals surface area contributed by atoms with Crippen LogP contribution in [0.1, 0.15) is 5.56 Å². The minimum Gasteiger partial charge on any atom is -0.423 e. The summed E-state index contributed by atoms with van der Waals surface area (Å²) in [5.41, 5.74) is 0.550. The summed E-state index contributed by atoms with van der Waals surface area (Å²) in [4.78, 5) is 0.0862. The Morgan fingerprint density at radius 3 is 2.25 bits per heavy atom. The Morgan fingerprint density at radius 2 is 1.81 bits per heavy atom. The Morgan fingerprint density at radius 1 is 1.25 bits per heavy atom. The first-order chi connectivity index (χ1) is 7.28. The average molecular weight is 243 g/mol. The van der Waals surface area contributed by atoms with E-state index >= 15 is 0 Å². The highest BCUT2D eigenvalue weighted by Gasteiger charge is 2.24. The van der Waals surface area contributed by atoms with Gasteiger partial charge in [0, 0.05) is 14.1 Å². The number of benzene rings is 1. The number of nitrogens with zero attached hydrogens (tertiary/aromatic N) is 1. The maximum atomic E-state index is 11.9. The van der Waals surface area contributed by atoms with Crippen LogP contribution in [0.15, 0.2) is 23.1 Å². The lowest BCUT2D eigenvalue weighted by Gasteiger charge is -2.15. The summed E-state index contributed by atoms with van der Waals surface area (Å²) in [6, 6.07) is 4.41. The van der Waals surface area contributed by atoms with Gasteiger partial charge in [0.1, 0.15) is 0 Å². The first-order valence-electron chi connectivity index (χ1n) is 4.66. The summed E-state index contributed by atoms with van der Waals surface area (Å²) < 4.78 is 24.9. The van der Waals surface area contributed by atoms with Crippen LogP contribution in [0.2, 0.25) is 0 Å². The molecule has 0 saturated heterocycles. The van der Waals surface area contributed by atoms with Crippen molar-refractivity contribution in [1.29, 1.82) is 0 Å². The average Bonchev–Trinajstić information content (AvgIpc) is 2.16. The first-order valence-corrected chi connectivity index (χ1v) is 6.10. The van der Waals surface area contributed by atoms with Crippen molar-refractivity contribution >= 4 is 22.6 Å². The van der Waals surface area contributed by atoms with E-state index in [2.05, 4.69) is 0 Å². The summed E-state index contributed by atoms with van der Waals surface area (Å²) in [5.74, 6) is 0. The van der Waals surface area contributed by atoms with Crippen molar-refractivity contribution in [2.24, 2.45) is 0 Å². The van der Waals surface area contributed by atoms with Gasteiger partial charge in [-0.25, -0.2) is 12.7 Å². The lowest BCUT2D eigenvalue weighted by atomic mass is 9.77. The molecule has 88 valence electrons. The Kier molecular flexibility index (Phi) is 3.74. The zero-order valence-corrected chi connectivity index (χ0v) is 10.2. The number of rotatable bonds is 3. The molecule has 0 amide bonds. The van der Waals surface area contributed by atoms with Gasteiger partial charge in [0.2, 0.25) is 10.0 Å². The summed E-state index contributed by atoms with van der Waals surface area (Å²) >= 11 is 0. The quantitative estimate of drug-likeness (QED) is 0.662. The van der Waals surface area contributed by atoms with Crippen molar-refractivity contribution in [3.05, 3.63) is 23.8 Å². The summed E-state index contributed by atoms with van der Waals surface area (Å²) in [7, 11) is -2.37. The van der Waals surface area contributed by atoms with Gasteiger partial charge in [0.05, 0.1) is 4.90 Å². The van der Waals surface area contributed by atoms with Gasteiger partial charge in [-0.3, -0.25) is 0 Å². The molecule has 0 fully saturated rings. The first kappa shape index (κ1) is 13.2. The second kappa shape index (κ2) is 4.54. The Balaban J connectivity index is 3.43. The van der Waals surface area contributed by atoms with Crippen molar-refractivity contribution in [2.75, 3.05) is 14.1 Å². The van der Waals surface area contributed by atoms with Crippen LogP contribution in [0.5, 0.6) is 0 Å². The molecule has 0 spiro atoms. The zero-order chi connectivity index (χ0) is 12.5. The zero-order valence-electron chi connectivity index (χ0n) is 9.38. The third-order valence-electron chi connectivity index (χ3n) is 2.36. The van der Waals surface area contributed by atoms with E-state index in [9.17, 15) is 8.42 Å². The molecule has 1 rings (SSSR count). The standard InChI is InChI=1S/C9H14BNO4S/c1-7-8(10(12)13)5-4-6-9(7)16(14,15)11(2)3/h4-6,12-13H,1-3H3. The van der Waals surface area contributed by atoms with Gasteiger partial charge in [0.15, 0.2) is 0 Å². The van der Waals surface area contributed by atoms with Crippen LogP contribution in [0, 0.1) is 6.92 Å². The lowest BCUT2D eigenvalue weighted by molar-refractivity contribution is 0.425. The molecule has 2 N–H and O–H groups in total. The third kappa shape index (κ3) is 2.27. The molecule has 7 heteroatoms. The van der Waals surface area contributed by atoms with E-state index in [4.69, 9.17) is 10.0 Å². The van der Waals surface area contributed by atoms with E-state index in [0.29, 0.717) is 5.56 Å². The summed E-state index contributed by atoms with van der Waals surface area (Å²) in [6.45, 7) is 1.55. The van der Waals surface area contributed by atoms with Crippen LogP contribution >= 0.6 is 0 Å². The Hall–Kier alpha value is -0.885. The Labute approximate surface area is 95.5 Å². The SMILES string of the molecule is Cc1c(B(O)O)cccc1S(=O)(=O)N(C)C. The van der Waals surface area contributed by atoms with Crippen molar-refractivity contribution in [3.63, 3.8) is 0 Å². The maximum absolute atomic E-state index is 11.9. The molecule has 1 aromatic rings. The molecule has 0 heterocycles. The molecule has 0 aromatic heterocycles. The fourth-order valence-electron chi connectivity index (χ4n) is 1.39. The van der Waals surface area contributed by atoms with Crippen molar-refractivity contribution in [1.82, 2.24) is 4.31 Å². The highest BCUT2D eigenvalue weighted by Crippen LogP contribution is 2.16. The molecule has 1 aromatic carbocycles. The molecule has 0 bridgehead atoms. The van der Waals surface area contributed by atoms with Crippen LogP contribution in [0.25, 0.3) is 0 Å². The highest BCUT2D eigenvalue weighted by atomic mass is 32.2. The van der Waals surface area contributed by atoms with Crippen LogP contribution in [0.4, 0.5) is 0 Å². The van der Waals surface area contributed by atoms with Gasteiger partial charge in [-0.05, 0) is 24.0 Å². The molecular weight excluding hydrogens is 229 g/mol. The number of hydrogen-bond donors (Lipinski definition) is 2. The Bertz CT molecular complexity index is 484. The number of hydrogen-bond acceptors (Lipinski definition) is 4. The molecule has 0 aliphatic carbocycles. The van der Waals surface area contributed by atoms with Crippen LogP contribution in [-0.4, -0.2) is 44.0 Å². The van der Waals surface area contributed by atoms with E-state index in [0.717, 1.165) is 4.31 Å². The van der Waals surface area contributed by atoms with Crippen LogP contribution < -0.4 is 5.46 Å².